The van der Waals surface area contributed by atoms with Crippen LogP contribution in [-0.4, -0.2) is 53.8 Å². The summed E-state index contributed by atoms with van der Waals surface area (Å²) in [6.07, 6.45) is 0.133. The van der Waals surface area contributed by atoms with Gasteiger partial charge in [0.25, 0.3) is 11.8 Å². The largest absolute Gasteiger partial charge is 0.414 e. The summed E-state index contributed by atoms with van der Waals surface area (Å²) in [5.41, 5.74) is 0.315. The molecule has 3 N–H and O–H groups in total. The maximum Gasteiger partial charge on any atom is 0.414 e. The van der Waals surface area contributed by atoms with Crippen molar-refractivity contribution in [2.75, 3.05) is 26.0 Å². The second-order valence-electron chi connectivity index (χ2n) is 6.05. The van der Waals surface area contributed by atoms with Crippen LogP contribution < -0.4 is 15.4 Å². The SMILES string of the molecule is CC[C@H](CN(C)C)NC(=O)Oc1n[nH]c(NC(=O)c2ccccc2Cl)c1Br. The Hall–Kier alpha value is -2.10. The molecule has 0 fully saturated rings. The van der Waals surface area contributed by atoms with Gasteiger partial charge in [-0.2, -0.15) is 0 Å². The molecule has 0 radical (unpaired) electrons. The van der Waals surface area contributed by atoms with Crippen LogP contribution in [0.4, 0.5) is 10.6 Å². The number of hydrogen-bond donors (Lipinski definition) is 3. The molecule has 1 heterocycles. The van der Waals surface area contributed by atoms with Crippen molar-refractivity contribution in [2.24, 2.45) is 0 Å². The van der Waals surface area contributed by atoms with Gasteiger partial charge < -0.3 is 20.3 Å². The van der Waals surface area contributed by atoms with E-state index in [1.165, 1.54) is 0 Å². The monoisotopic (exact) mass is 457 g/mol. The predicted octanol–water partition coefficient (Wildman–Crippen LogP) is 3.51. The van der Waals surface area contributed by atoms with E-state index in [1.807, 2.05) is 25.9 Å². The minimum absolute atomic E-state index is 0.0154. The molecule has 2 rings (SSSR count). The van der Waals surface area contributed by atoms with E-state index >= 15 is 0 Å². The van der Waals surface area contributed by atoms with E-state index in [0.717, 1.165) is 6.42 Å². The van der Waals surface area contributed by atoms with Crippen LogP contribution in [0.15, 0.2) is 28.7 Å². The lowest BCUT2D eigenvalue weighted by Gasteiger charge is -2.20. The summed E-state index contributed by atoms with van der Waals surface area (Å²) in [5, 5.41) is 12.3. The normalized spacial score (nSPS) is 11.9. The number of aromatic amines is 1. The maximum atomic E-state index is 12.3. The average Bonchev–Trinajstić information content (AvgIpc) is 2.94. The van der Waals surface area contributed by atoms with Crippen LogP contribution in [0.2, 0.25) is 5.02 Å². The molecule has 0 unspecified atom stereocenters. The Kier molecular flexibility index (Phi) is 7.64. The molecule has 10 heteroatoms. The fraction of sp³-hybridized carbons (Fsp3) is 0.353. The molecular formula is C17H21BrClN5O3. The van der Waals surface area contributed by atoms with E-state index in [0.29, 0.717) is 21.6 Å². The second kappa shape index (κ2) is 9.72. The molecule has 0 aliphatic carbocycles. The molecule has 2 amide bonds. The number of anilines is 1. The van der Waals surface area contributed by atoms with Gasteiger partial charge in [-0.15, -0.1) is 5.10 Å². The summed E-state index contributed by atoms with van der Waals surface area (Å²) in [7, 11) is 3.85. The van der Waals surface area contributed by atoms with Gasteiger partial charge in [0, 0.05) is 12.6 Å². The maximum absolute atomic E-state index is 12.3. The standard InChI is InChI=1S/C17H21BrClN5O3/c1-4-10(9-24(2)3)20-17(26)27-16-13(18)14(22-23-16)21-15(25)11-7-5-6-8-12(11)19/h5-8,10H,4,9H2,1-3H3,(H,20,26)(H2,21,22,23,25)/t10-/m1/s1. The molecule has 146 valence electrons. The number of rotatable bonds is 7. The van der Waals surface area contributed by atoms with E-state index in [4.69, 9.17) is 16.3 Å². The number of amides is 2. The van der Waals surface area contributed by atoms with Crippen LogP contribution in [0.5, 0.6) is 5.88 Å². The molecule has 0 saturated carbocycles. The number of hydrogen-bond acceptors (Lipinski definition) is 5. The Bertz CT molecular complexity index is 812. The molecule has 27 heavy (non-hydrogen) atoms. The molecule has 0 saturated heterocycles. The molecule has 0 aliphatic heterocycles. The van der Waals surface area contributed by atoms with Crippen LogP contribution in [0, 0.1) is 0 Å². The molecule has 2 aromatic rings. The number of H-pyrrole nitrogens is 1. The van der Waals surface area contributed by atoms with E-state index in [9.17, 15) is 9.59 Å². The molecule has 0 spiro atoms. The Morgan fingerprint density at radius 3 is 2.70 bits per heavy atom. The van der Waals surface area contributed by atoms with Crippen molar-refractivity contribution in [1.82, 2.24) is 20.4 Å². The minimum Gasteiger partial charge on any atom is -0.388 e. The van der Waals surface area contributed by atoms with Crippen LogP contribution >= 0.6 is 27.5 Å². The average molecular weight is 459 g/mol. The van der Waals surface area contributed by atoms with Gasteiger partial charge in [-0.3, -0.25) is 9.89 Å². The van der Waals surface area contributed by atoms with Gasteiger partial charge >= 0.3 is 6.09 Å². The van der Waals surface area contributed by atoms with Crippen molar-refractivity contribution >= 4 is 45.3 Å². The van der Waals surface area contributed by atoms with Crippen LogP contribution in [0.1, 0.15) is 23.7 Å². The summed E-state index contributed by atoms with van der Waals surface area (Å²) >= 11 is 9.29. The van der Waals surface area contributed by atoms with Crippen LogP contribution in [0.25, 0.3) is 0 Å². The lowest BCUT2D eigenvalue weighted by Crippen LogP contribution is -2.42. The van der Waals surface area contributed by atoms with Gasteiger partial charge in [0.1, 0.15) is 10.3 Å². The molecule has 1 aromatic heterocycles. The highest BCUT2D eigenvalue weighted by Gasteiger charge is 2.20. The zero-order valence-corrected chi connectivity index (χ0v) is 17.5. The van der Waals surface area contributed by atoms with E-state index in [1.54, 1.807) is 24.3 Å². The number of halogens is 2. The fourth-order valence-electron chi connectivity index (χ4n) is 2.29. The van der Waals surface area contributed by atoms with Gasteiger partial charge in [-0.05, 0) is 48.6 Å². The van der Waals surface area contributed by atoms with Crippen molar-refractivity contribution < 1.29 is 14.3 Å². The smallest absolute Gasteiger partial charge is 0.388 e. The van der Waals surface area contributed by atoms with Gasteiger partial charge in [0.05, 0.1) is 10.6 Å². The van der Waals surface area contributed by atoms with Gasteiger partial charge in [-0.25, -0.2) is 4.79 Å². The van der Waals surface area contributed by atoms with Crippen LogP contribution in [0.3, 0.4) is 0 Å². The lowest BCUT2D eigenvalue weighted by atomic mass is 10.2. The van der Waals surface area contributed by atoms with Gasteiger partial charge in [0.15, 0.2) is 0 Å². The number of carbonyl (C=O) groups excluding carboxylic acids is 2. The molecule has 1 atom stereocenters. The van der Waals surface area contributed by atoms with Crippen molar-refractivity contribution in [1.29, 1.82) is 0 Å². The summed E-state index contributed by atoms with van der Waals surface area (Å²) in [4.78, 5) is 26.4. The third kappa shape index (κ3) is 5.95. The van der Waals surface area contributed by atoms with Gasteiger partial charge in [0.2, 0.25) is 0 Å². The number of nitrogens with one attached hydrogen (secondary N) is 3. The summed E-state index contributed by atoms with van der Waals surface area (Å²) < 4.78 is 5.53. The highest BCUT2D eigenvalue weighted by Crippen LogP contribution is 2.30. The van der Waals surface area contributed by atoms with Crippen molar-refractivity contribution in [3.8, 4) is 5.88 Å². The zero-order valence-electron chi connectivity index (χ0n) is 15.2. The lowest BCUT2D eigenvalue weighted by molar-refractivity contribution is 0.102. The first-order chi connectivity index (χ1) is 12.8. The van der Waals surface area contributed by atoms with Crippen molar-refractivity contribution in [3.63, 3.8) is 0 Å². The highest BCUT2D eigenvalue weighted by molar-refractivity contribution is 9.10. The highest BCUT2D eigenvalue weighted by atomic mass is 79.9. The molecular weight excluding hydrogens is 438 g/mol. The first-order valence-electron chi connectivity index (χ1n) is 8.24. The Morgan fingerprint density at radius 1 is 1.37 bits per heavy atom. The molecule has 0 bridgehead atoms. The van der Waals surface area contributed by atoms with Gasteiger partial charge in [-0.1, -0.05) is 30.7 Å². The van der Waals surface area contributed by atoms with Crippen LogP contribution in [-0.2, 0) is 0 Å². The summed E-state index contributed by atoms with van der Waals surface area (Å²) in [6.45, 7) is 2.66. The quantitative estimate of drug-likeness (QED) is 0.590. The first-order valence-corrected chi connectivity index (χ1v) is 9.41. The summed E-state index contributed by atoms with van der Waals surface area (Å²) in [5.74, 6) is -0.150. The first kappa shape index (κ1) is 21.2. The number of likely N-dealkylation sites (N-methyl/N-ethyl adjacent to an activating group) is 1. The Morgan fingerprint density at radius 2 is 2.07 bits per heavy atom. The molecule has 0 aliphatic rings. The van der Waals surface area contributed by atoms with Crippen molar-refractivity contribution in [2.45, 2.75) is 19.4 Å². The summed E-state index contributed by atoms with van der Waals surface area (Å²) in [6, 6.07) is 6.61. The topological polar surface area (TPSA) is 99.3 Å². The number of aromatic nitrogens is 2. The molecule has 1 aromatic carbocycles. The zero-order chi connectivity index (χ0) is 20.0. The Labute approximate surface area is 170 Å². The number of carbonyl (C=O) groups is 2. The van der Waals surface area contributed by atoms with E-state index in [-0.39, 0.29) is 17.7 Å². The molecule has 8 nitrogen and oxygen atoms in total. The van der Waals surface area contributed by atoms with E-state index in [2.05, 4.69) is 36.8 Å². The van der Waals surface area contributed by atoms with Crippen molar-refractivity contribution in [3.05, 3.63) is 39.3 Å². The number of ether oxygens (including phenoxy) is 1. The number of nitrogens with zero attached hydrogens (tertiary/aromatic N) is 2. The fourth-order valence-corrected chi connectivity index (χ4v) is 2.87. The third-order valence-corrected chi connectivity index (χ3v) is 4.69. The number of benzene rings is 1. The Balaban J connectivity index is 2.01. The third-order valence-electron chi connectivity index (χ3n) is 3.62. The second-order valence-corrected chi connectivity index (χ2v) is 7.25. The minimum atomic E-state index is -0.625. The predicted molar refractivity (Wildman–Crippen MR) is 107 cm³/mol. The van der Waals surface area contributed by atoms with E-state index < -0.39 is 12.0 Å².